The van der Waals surface area contributed by atoms with Crippen molar-refractivity contribution in [1.29, 1.82) is 0 Å². The molecule has 0 bridgehead atoms. The van der Waals surface area contributed by atoms with Crippen LogP contribution in [0.2, 0.25) is 0 Å². The van der Waals surface area contributed by atoms with Gasteiger partial charge in [0.15, 0.2) is 0 Å². The van der Waals surface area contributed by atoms with Crippen molar-refractivity contribution >= 4 is 7.60 Å². The van der Waals surface area contributed by atoms with Crippen LogP contribution >= 0.6 is 7.60 Å². The monoisotopic (exact) mass is 229 g/mol. The van der Waals surface area contributed by atoms with Gasteiger partial charge in [-0.1, -0.05) is 18.2 Å². The highest BCUT2D eigenvalue weighted by molar-refractivity contribution is 7.55. The van der Waals surface area contributed by atoms with Gasteiger partial charge in [-0.15, -0.1) is 0 Å². The summed E-state index contributed by atoms with van der Waals surface area (Å²) in [4.78, 5) is 9.75. The van der Waals surface area contributed by atoms with Crippen molar-refractivity contribution in [2.45, 2.75) is 19.0 Å². The Hall–Kier alpha value is -0.830. The van der Waals surface area contributed by atoms with Crippen LogP contribution in [0.15, 0.2) is 30.3 Å². The second-order valence-corrected chi connectivity index (χ2v) is 6.38. The fourth-order valence-electron chi connectivity index (χ4n) is 0.863. The minimum Gasteiger partial charge on any atom is -0.424 e. The molecule has 0 spiro atoms. The molecule has 1 rings (SSSR count). The molecular weight excluding hydrogens is 213 g/mol. The van der Waals surface area contributed by atoms with Crippen molar-refractivity contribution in [2.75, 3.05) is 6.54 Å². The largest absolute Gasteiger partial charge is 0.424 e. The summed E-state index contributed by atoms with van der Waals surface area (Å²) in [6.07, 6.45) is 0. The van der Waals surface area contributed by atoms with Gasteiger partial charge in [0, 0.05) is 6.54 Å². The third-order valence-corrected chi connectivity index (χ3v) is 4.41. The Morgan fingerprint density at radius 2 is 1.93 bits per heavy atom. The third-order valence-electron chi connectivity index (χ3n) is 2.24. The van der Waals surface area contributed by atoms with Crippen LogP contribution in [0.4, 0.5) is 0 Å². The lowest BCUT2D eigenvalue weighted by molar-refractivity contribution is 0.345. The summed E-state index contributed by atoms with van der Waals surface area (Å²) in [5, 5.41) is -0.942. The van der Waals surface area contributed by atoms with Crippen LogP contribution in [0.1, 0.15) is 13.8 Å². The zero-order chi connectivity index (χ0) is 11.5. The van der Waals surface area contributed by atoms with Gasteiger partial charge >= 0.3 is 7.60 Å². The van der Waals surface area contributed by atoms with E-state index in [0.717, 1.165) is 0 Å². The number of para-hydroxylation sites is 1. The topological polar surface area (TPSA) is 72.6 Å². The van der Waals surface area contributed by atoms with Crippen molar-refractivity contribution in [3.63, 3.8) is 0 Å². The molecule has 0 saturated heterocycles. The molecule has 5 heteroatoms. The summed E-state index contributed by atoms with van der Waals surface area (Å²) in [6, 6.07) is 8.56. The summed E-state index contributed by atoms with van der Waals surface area (Å²) in [7, 11) is -3.74. The van der Waals surface area contributed by atoms with Crippen molar-refractivity contribution in [3.05, 3.63) is 30.3 Å². The first kappa shape index (κ1) is 12.2. The Morgan fingerprint density at radius 3 is 2.40 bits per heavy atom. The molecule has 0 radical (unpaired) electrons. The van der Waals surface area contributed by atoms with E-state index in [0.29, 0.717) is 5.75 Å². The second-order valence-electron chi connectivity index (χ2n) is 3.94. The van der Waals surface area contributed by atoms with E-state index in [-0.39, 0.29) is 6.54 Å². The van der Waals surface area contributed by atoms with Crippen molar-refractivity contribution in [2.24, 2.45) is 5.73 Å². The van der Waals surface area contributed by atoms with E-state index < -0.39 is 12.8 Å². The normalized spacial score (nSPS) is 15.7. The molecule has 0 saturated carbocycles. The average Bonchev–Trinajstić information content (AvgIpc) is 2.18. The van der Waals surface area contributed by atoms with E-state index in [1.54, 1.807) is 38.1 Å². The molecule has 0 aromatic heterocycles. The maximum Gasteiger partial charge on any atom is 0.383 e. The van der Waals surface area contributed by atoms with E-state index in [2.05, 4.69) is 0 Å². The minimum absolute atomic E-state index is 0.0909. The van der Waals surface area contributed by atoms with Gasteiger partial charge in [0.1, 0.15) is 5.75 Å². The molecule has 1 aromatic rings. The second kappa shape index (κ2) is 4.35. The number of hydrogen-bond acceptors (Lipinski definition) is 3. The van der Waals surface area contributed by atoms with E-state index in [4.69, 9.17) is 10.3 Å². The van der Waals surface area contributed by atoms with Crippen LogP contribution in [-0.4, -0.2) is 16.6 Å². The van der Waals surface area contributed by atoms with Gasteiger partial charge in [-0.3, -0.25) is 0 Å². The summed E-state index contributed by atoms with van der Waals surface area (Å²) in [5.41, 5.74) is 5.43. The zero-order valence-electron chi connectivity index (χ0n) is 8.88. The van der Waals surface area contributed by atoms with E-state index >= 15 is 0 Å². The van der Waals surface area contributed by atoms with Gasteiger partial charge in [-0.2, -0.15) is 0 Å². The lowest BCUT2D eigenvalue weighted by Crippen LogP contribution is -2.32. The number of hydrogen-bond donors (Lipinski definition) is 2. The summed E-state index contributed by atoms with van der Waals surface area (Å²) < 4.78 is 17.0. The molecule has 0 aliphatic carbocycles. The molecule has 4 nitrogen and oxygen atoms in total. The Kier molecular flexibility index (Phi) is 3.55. The van der Waals surface area contributed by atoms with Crippen molar-refractivity contribution in [1.82, 2.24) is 0 Å². The average molecular weight is 229 g/mol. The highest BCUT2D eigenvalue weighted by Crippen LogP contribution is 2.54. The molecule has 1 atom stereocenters. The molecule has 0 heterocycles. The lowest BCUT2D eigenvalue weighted by Gasteiger charge is -2.27. The molecular formula is C10H16NO3P. The van der Waals surface area contributed by atoms with Gasteiger partial charge in [0.25, 0.3) is 0 Å². The number of benzene rings is 1. The minimum atomic E-state index is -3.74. The van der Waals surface area contributed by atoms with Crippen LogP contribution in [0.5, 0.6) is 5.75 Å². The van der Waals surface area contributed by atoms with E-state index in [9.17, 15) is 9.46 Å². The lowest BCUT2D eigenvalue weighted by atomic mass is 10.2. The predicted molar refractivity (Wildman–Crippen MR) is 60.0 cm³/mol. The van der Waals surface area contributed by atoms with Crippen LogP contribution in [0, 0.1) is 0 Å². The number of nitrogens with two attached hydrogens (primary N) is 1. The van der Waals surface area contributed by atoms with Gasteiger partial charge in [-0.05, 0) is 26.0 Å². The molecule has 0 aliphatic heterocycles. The summed E-state index contributed by atoms with van der Waals surface area (Å²) in [6.45, 7) is 3.31. The summed E-state index contributed by atoms with van der Waals surface area (Å²) in [5.74, 6) is 0.379. The predicted octanol–water partition coefficient (Wildman–Crippen LogP) is 1.99. The molecule has 0 amide bonds. The van der Waals surface area contributed by atoms with Crippen LogP contribution < -0.4 is 10.3 Å². The Balaban J connectivity index is 2.87. The fourth-order valence-corrected chi connectivity index (χ4v) is 1.75. The first-order valence-corrected chi connectivity index (χ1v) is 6.24. The van der Waals surface area contributed by atoms with Gasteiger partial charge in [0.05, 0.1) is 5.16 Å². The fraction of sp³-hybridized carbons (Fsp3) is 0.400. The first-order valence-electron chi connectivity index (χ1n) is 4.67. The van der Waals surface area contributed by atoms with Gasteiger partial charge < -0.3 is 15.2 Å². The molecule has 0 aliphatic rings. The van der Waals surface area contributed by atoms with Crippen LogP contribution in [0.25, 0.3) is 0 Å². The molecule has 15 heavy (non-hydrogen) atoms. The van der Waals surface area contributed by atoms with E-state index in [1.807, 2.05) is 6.07 Å². The van der Waals surface area contributed by atoms with Crippen molar-refractivity contribution < 1.29 is 14.0 Å². The molecule has 84 valence electrons. The van der Waals surface area contributed by atoms with Crippen LogP contribution in [0.3, 0.4) is 0 Å². The maximum atomic E-state index is 11.9. The quantitative estimate of drug-likeness (QED) is 0.774. The van der Waals surface area contributed by atoms with Crippen molar-refractivity contribution in [3.8, 4) is 5.75 Å². The maximum absolute atomic E-state index is 11.9. The smallest absolute Gasteiger partial charge is 0.383 e. The Bertz CT molecular complexity index is 364. The number of rotatable bonds is 4. The highest BCUT2D eigenvalue weighted by Gasteiger charge is 2.40. The summed E-state index contributed by atoms with van der Waals surface area (Å²) >= 11 is 0. The third kappa shape index (κ3) is 2.81. The molecule has 0 fully saturated rings. The standard InChI is InChI=1S/C10H16NO3P/c1-10(2,8-11)15(12,13)14-9-6-4-3-5-7-9/h3-7H,8,11H2,1-2H3,(H,12,13). The SMILES string of the molecule is CC(C)(CN)P(=O)(O)Oc1ccccc1. The van der Waals surface area contributed by atoms with Crippen LogP contribution in [-0.2, 0) is 4.57 Å². The van der Waals surface area contributed by atoms with Gasteiger partial charge in [0.2, 0.25) is 0 Å². The highest BCUT2D eigenvalue weighted by atomic mass is 31.2. The molecule has 3 N–H and O–H groups in total. The zero-order valence-corrected chi connectivity index (χ0v) is 9.78. The van der Waals surface area contributed by atoms with Gasteiger partial charge in [-0.25, -0.2) is 4.57 Å². The Labute approximate surface area is 89.6 Å². The first-order chi connectivity index (χ1) is 6.89. The molecule has 1 unspecified atom stereocenters. The van der Waals surface area contributed by atoms with E-state index in [1.165, 1.54) is 0 Å². The Morgan fingerprint density at radius 1 is 1.40 bits per heavy atom. The molecule has 1 aromatic carbocycles.